The molecule has 0 radical (unpaired) electrons. The third-order valence-corrected chi connectivity index (χ3v) is 2.99. The molecule has 2 rings (SSSR count). The Hall–Kier alpha value is -1.45. The van der Waals surface area contributed by atoms with E-state index in [0.717, 1.165) is 50.1 Å². The molecule has 1 aliphatic carbocycles. The number of aliphatic imine (C=N–C) groups is 1. The molecular formula is C14H23N3O. The van der Waals surface area contributed by atoms with Gasteiger partial charge in [-0.25, -0.2) is 0 Å². The molecule has 1 aliphatic rings. The molecule has 0 saturated heterocycles. The highest BCUT2D eigenvalue weighted by molar-refractivity contribution is 5.79. The third kappa shape index (κ3) is 4.82. The van der Waals surface area contributed by atoms with Crippen molar-refractivity contribution in [3.63, 3.8) is 0 Å². The van der Waals surface area contributed by atoms with E-state index in [9.17, 15) is 0 Å². The molecule has 0 amide bonds. The van der Waals surface area contributed by atoms with Crippen LogP contribution in [0.1, 0.15) is 31.9 Å². The van der Waals surface area contributed by atoms with Crippen LogP contribution in [0.15, 0.2) is 27.8 Å². The fourth-order valence-corrected chi connectivity index (χ4v) is 1.70. The van der Waals surface area contributed by atoms with E-state index < -0.39 is 0 Å². The third-order valence-electron chi connectivity index (χ3n) is 2.99. The summed E-state index contributed by atoms with van der Waals surface area (Å²) >= 11 is 0. The first-order valence-corrected chi connectivity index (χ1v) is 6.93. The summed E-state index contributed by atoms with van der Waals surface area (Å²) in [5.41, 5.74) is 0. The lowest BCUT2D eigenvalue weighted by Gasteiger charge is -2.11. The van der Waals surface area contributed by atoms with Crippen LogP contribution in [0.5, 0.6) is 0 Å². The summed E-state index contributed by atoms with van der Waals surface area (Å²) in [6.45, 7) is 4.94. The van der Waals surface area contributed by atoms with E-state index in [1.54, 1.807) is 6.26 Å². The van der Waals surface area contributed by atoms with Crippen LogP contribution >= 0.6 is 0 Å². The molecule has 0 aromatic carbocycles. The molecule has 1 aromatic heterocycles. The van der Waals surface area contributed by atoms with E-state index >= 15 is 0 Å². The minimum absolute atomic E-state index is 0.829. The van der Waals surface area contributed by atoms with Crippen LogP contribution in [0.25, 0.3) is 0 Å². The smallest absolute Gasteiger partial charge is 0.191 e. The molecule has 0 spiro atoms. The van der Waals surface area contributed by atoms with E-state index in [4.69, 9.17) is 4.42 Å². The van der Waals surface area contributed by atoms with Crippen molar-refractivity contribution in [2.45, 2.75) is 32.6 Å². The Morgan fingerprint density at radius 3 is 2.89 bits per heavy atom. The van der Waals surface area contributed by atoms with Gasteiger partial charge in [-0.1, -0.05) is 6.92 Å². The van der Waals surface area contributed by atoms with Gasteiger partial charge in [-0.15, -0.1) is 0 Å². The lowest BCUT2D eigenvalue weighted by atomic mass is 10.3. The van der Waals surface area contributed by atoms with Crippen molar-refractivity contribution in [1.82, 2.24) is 10.6 Å². The molecule has 1 aromatic rings. The normalized spacial score (nSPS) is 15.7. The summed E-state index contributed by atoms with van der Waals surface area (Å²) in [4.78, 5) is 4.61. The Labute approximate surface area is 109 Å². The van der Waals surface area contributed by atoms with Gasteiger partial charge in [0.15, 0.2) is 5.96 Å². The van der Waals surface area contributed by atoms with Gasteiger partial charge in [0.05, 0.1) is 6.26 Å². The van der Waals surface area contributed by atoms with Crippen LogP contribution in [0.4, 0.5) is 0 Å². The van der Waals surface area contributed by atoms with Gasteiger partial charge < -0.3 is 15.1 Å². The molecule has 1 heterocycles. The Morgan fingerprint density at radius 1 is 1.39 bits per heavy atom. The van der Waals surface area contributed by atoms with Gasteiger partial charge in [-0.2, -0.15) is 0 Å². The van der Waals surface area contributed by atoms with Crippen molar-refractivity contribution in [2.75, 3.05) is 19.6 Å². The van der Waals surface area contributed by atoms with Crippen LogP contribution in [0.2, 0.25) is 0 Å². The first kappa shape index (κ1) is 13.0. The first-order valence-electron chi connectivity index (χ1n) is 6.93. The monoisotopic (exact) mass is 249 g/mol. The van der Waals surface area contributed by atoms with Crippen molar-refractivity contribution in [3.05, 3.63) is 24.2 Å². The molecule has 0 bridgehead atoms. The lowest BCUT2D eigenvalue weighted by molar-refractivity contribution is 0.506. The van der Waals surface area contributed by atoms with E-state index in [2.05, 4.69) is 22.5 Å². The quantitative estimate of drug-likeness (QED) is 0.575. The van der Waals surface area contributed by atoms with Gasteiger partial charge in [0.25, 0.3) is 0 Å². The van der Waals surface area contributed by atoms with E-state index in [1.165, 1.54) is 12.8 Å². The Morgan fingerprint density at radius 2 is 2.22 bits per heavy atom. The zero-order chi connectivity index (χ0) is 12.6. The number of nitrogens with one attached hydrogen (secondary N) is 2. The van der Waals surface area contributed by atoms with Gasteiger partial charge >= 0.3 is 0 Å². The summed E-state index contributed by atoms with van der Waals surface area (Å²) in [6, 6.07) is 3.93. The van der Waals surface area contributed by atoms with Gasteiger partial charge in [-0.3, -0.25) is 4.99 Å². The van der Waals surface area contributed by atoms with E-state index in [0.29, 0.717) is 0 Å². The molecule has 4 nitrogen and oxygen atoms in total. The highest BCUT2D eigenvalue weighted by atomic mass is 16.3. The maximum absolute atomic E-state index is 5.30. The summed E-state index contributed by atoms with van der Waals surface area (Å²) < 4.78 is 5.30. The molecule has 1 saturated carbocycles. The fraction of sp³-hybridized carbons (Fsp3) is 0.643. The molecule has 0 unspecified atom stereocenters. The molecular weight excluding hydrogens is 226 g/mol. The van der Waals surface area contributed by atoms with Crippen LogP contribution < -0.4 is 10.6 Å². The topological polar surface area (TPSA) is 49.6 Å². The molecule has 2 N–H and O–H groups in total. The van der Waals surface area contributed by atoms with Crippen LogP contribution in [0, 0.1) is 5.92 Å². The predicted octanol–water partition coefficient (Wildman–Crippen LogP) is 2.18. The maximum Gasteiger partial charge on any atom is 0.191 e. The molecule has 18 heavy (non-hydrogen) atoms. The van der Waals surface area contributed by atoms with Crippen molar-refractivity contribution in [2.24, 2.45) is 10.9 Å². The van der Waals surface area contributed by atoms with Crippen molar-refractivity contribution >= 4 is 5.96 Å². The average molecular weight is 249 g/mol. The second-order valence-electron chi connectivity index (χ2n) is 4.82. The zero-order valence-corrected chi connectivity index (χ0v) is 11.1. The number of guanidine groups is 1. The minimum atomic E-state index is 0.829. The second kappa shape index (κ2) is 7.09. The fourth-order valence-electron chi connectivity index (χ4n) is 1.70. The highest BCUT2D eigenvalue weighted by Crippen LogP contribution is 2.28. The van der Waals surface area contributed by atoms with Gasteiger partial charge in [-0.05, 0) is 37.3 Å². The second-order valence-corrected chi connectivity index (χ2v) is 4.82. The van der Waals surface area contributed by atoms with Gasteiger partial charge in [0, 0.05) is 26.1 Å². The number of rotatable bonds is 7. The van der Waals surface area contributed by atoms with Crippen molar-refractivity contribution in [1.29, 1.82) is 0 Å². The van der Waals surface area contributed by atoms with Gasteiger partial charge in [0.2, 0.25) is 0 Å². The lowest BCUT2D eigenvalue weighted by Crippen LogP contribution is -2.39. The number of hydrogen-bond acceptors (Lipinski definition) is 2. The van der Waals surface area contributed by atoms with Crippen molar-refractivity contribution < 1.29 is 4.42 Å². The van der Waals surface area contributed by atoms with Crippen LogP contribution in [-0.2, 0) is 6.42 Å². The van der Waals surface area contributed by atoms with E-state index in [-0.39, 0.29) is 0 Å². The van der Waals surface area contributed by atoms with Gasteiger partial charge in [0.1, 0.15) is 5.76 Å². The zero-order valence-electron chi connectivity index (χ0n) is 11.1. The Balaban J connectivity index is 1.71. The summed E-state index contributed by atoms with van der Waals surface area (Å²) in [5.74, 6) is 2.78. The van der Waals surface area contributed by atoms with E-state index in [1.807, 2.05) is 12.1 Å². The SMILES string of the molecule is CCCNC(=NCC1CC1)NCCc1ccco1. The molecule has 4 heteroatoms. The minimum Gasteiger partial charge on any atom is -0.469 e. The number of furan rings is 1. The molecule has 0 aliphatic heterocycles. The highest BCUT2D eigenvalue weighted by Gasteiger charge is 2.20. The summed E-state index contributed by atoms with van der Waals surface area (Å²) in [5, 5.41) is 6.70. The average Bonchev–Trinajstić information content (AvgIpc) is 3.07. The number of hydrogen-bond donors (Lipinski definition) is 2. The largest absolute Gasteiger partial charge is 0.469 e. The molecule has 100 valence electrons. The van der Waals surface area contributed by atoms with Crippen molar-refractivity contribution in [3.8, 4) is 0 Å². The molecule has 1 fully saturated rings. The molecule has 0 atom stereocenters. The predicted molar refractivity (Wildman–Crippen MR) is 73.7 cm³/mol. The maximum atomic E-state index is 5.30. The Bertz CT molecular complexity index is 355. The standard InChI is InChI=1S/C14H23N3O/c1-2-8-15-14(17-11-12-5-6-12)16-9-7-13-4-3-10-18-13/h3-4,10,12H,2,5-9,11H2,1H3,(H2,15,16,17). The summed E-state index contributed by atoms with van der Waals surface area (Å²) in [6.07, 6.45) is 6.41. The summed E-state index contributed by atoms with van der Waals surface area (Å²) in [7, 11) is 0. The number of nitrogens with zero attached hydrogens (tertiary/aromatic N) is 1. The van der Waals surface area contributed by atoms with Crippen LogP contribution in [-0.4, -0.2) is 25.6 Å². The Kier molecular flexibility index (Phi) is 5.12. The first-order chi connectivity index (χ1) is 8.88. The van der Waals surface area contributed by atoms with Crippen LogP contribution in [0.3, 0.4) is 0 Å².